The van der Waals surface area contributed by atoms with Gasteiger partial charge in [0.1, 0.15) is 10.6 Å². The van der Waals surface area contributed by atoms with Gasteiger partial charge < -0.3 is 15.2 Å². The number of nitrogens with zero attached hydrogens (tertiary/aromatic N) is 2. The van der Waals surface area contributed by atoms with E-state index in [4.69, 9.17) is 27.9 Å². The predicted molar refractivity (Wildman–Crippen MR) is 144 cm³/mol. The maximum absolute atomic E-state index is 13.4. The molecule has 0 aliphatic heterocycles. The quantitative estimate of drug-likeness (QED) is 0.189. The SMILES string of the molecule is CCc1cc(N=Nc2c([O-])c(C(=O)Nc3cc(Cl)cc(OC)c3)cc3ccccc23)cc(Cl)c1S(=O)(=O)O.[Na+]. The molecule has 0 saturated carbocycles. The van der Waals surface area contributed by atoms with E-state index in [1.807, 2.05) is 0 Å². The fourth-order valence-corrected chi connectivity index (χ4v) is 5.47. The van der Waals surface area contributed by atoms with Crippen LogP contribution < -0.4 is 44.7 Å². The smallest absolute Gasteiger partial charge is 0.870 e. The Kier molecular flexibility index (Phi) is 10.0. The molecule has 4 aromatic rings. The number of azo groups is 1. The first-order valence-electron chi connectivity index (χ1n) is 11.1. The Hall–Kier alpha value is -2.70. The van der Waals surface area contributed by atoms with Crippen LogP contribution in [0.3, 0.4) is 0 Å². The van der Waals surface area contributed by atoms with Crippen LogP contribution in [0.15, 0.2) is 75.8 Å². The van der Waals surface area contributed by atoms with Gasteiger partial charge in [-0.3, -0.25) is 9.35 Å². The van der Waals surface area contributed by atoms with Crippen molar-refractivity contribution in [3.63, 3.8) is 0 Å². The zero-order valence-electron chi connectivity index (χ0n) is 21.0. The number of hydrogen-bond acceptors (Lipinski definition) is 7. The molecule has 0 radical (unpaired) electrons. The monoisotopic (exact) mass is 595 g/mol. The molecule has 13 heteroatoms. The van der Waals surface area contributed by atoms with Crippen LogP contribution in [-0.2, 0) is 16.5 Å². The van der Waals surface area contributed by atoms with Crippen molar-refractivity contribution in [3.8, 4) is 11.5 Å². The molecule has 196 valence electrons. The third-order valence-corrected chi connectivity index (χ3v) is 7.22. The number of hydrogen-bond donors (Lipinski definition) is 2. The number of amides is 1. The Morgan fingerprint density at radius 2 is 1.79 bits per heavy atom. The zero-order chi connectivity index (χ0) is 27.6. The second-order valence-corrected chi connectivity index (χ2v) is 10.3. The molecule has 0 bridgehead atoms. The first kappa shape index (κ1) is 30.8. The minimum Gasteiger partial charge on any atom is -0.870 e. The summed E-state index contributed by atoms with van der Waals surface area (Å²) in [5, 5.41) is 25.4. The van der Waals surface area contributed by atoms with E-state index in [0.29, 0.717) is 27.2 Å². The number of carbonyl (C=O) groups is 1. The van der Waals surface area contributed by atoms with Crippen molar-refractivity contribution >= 4 is 67.1 Å². The summed E-state index contributed by atoms with van der Waals surface area (Å²) in [4.78, 5) is 12.7. The minimum absolute atomic E-state index is 0. The van der Waals surface area contributed by atoms with Gasteiger partial charge in [0, 0.05) is 27.7 Å². The third kappa shape index (κ3) is 6.90. The molecular formula is C26H20Cl2N3NaO6S. The standard InChI is InChI=1S/C26H21Cl2N3O6S.Na/c1-3-14-8-18(13-22(28)25(14)38(34,35)36)30-31-23-20-7-5-4-6-15(20)9-21(24(23)32)26(33)29-17-10-16(27)11-19(12-17)37-2;/h4-13,32H,3H2,1-2H3,(H,29,33)(H,34,35,36);/q;+1/p-1. The number of fused-ring (bicyclic) bond motifs is 1. The van der Waals surface area contributed by atoms with Crippen molar-refractivity contribution in [3.05, 3.63) is 81.8 Å². The van der Waals surface area contributed by atoms with Crippen molar-refractivity contribution in [2.45, 2.75) is 18.2 Å². The van der Waals surface area contributed by atoms with E-state index in [1.54, 1.807) is 43.3 Å². The Morgan fingerprint density at radius 1 is 1.08 bits per heavy atom. The number of rotatable bonds is 7. The second kappa shape index (κ2) is 12.6. The second-order valence-electron chi connectivity index (χ2n) is 8.10. The maximum atomic E-state index is 13.4. The van der Waals surface area contributed by atoms with Crippen LogP contribution in [0.25, 0.3) is 10.8 Å². The van der Waals surface area contributed by atoms with E-state index in [0.717, 1.165) is 0 Å². The largest absolute Gasteiger partial charge is 1.00 e. The van der Waals surface area contributed by atoms with E-state index >= 15 is 0 Å². The van der Waals surface area contributed by atoms with Crippen molar-refractivity contribution in [2.24, 2.45) is 10.2 Å². The summed E-state index contributed by atoms with van der Waals surface area (Å²) in [6, 6.07) is 15.6. The number of halogens is 2. The van der Waals surface area contributed by atoms with Crippen LogP contribution >= 0.6 is 23.2 Å². The molecule has 0 atom stereocenters. The number of benzene rings is 4. The minimum atomic E-state index is -4.56. The van der Waals surface area contributed by atoms with E-state index in [9.17, 15) is 22.9 Å². The summed E-state index contributed by atoms with van der Waals surface area (Å²) in [5.74, 6) is -0.932. The van der Waals surface area contributed by atoms with Gasteiger partial charge >= 0.3 is 29.6 Å². The molecule has 39 heavy (non-hydrogen) atoms. The van der Waals surface area contributed by atoms with Gasteiger partial charge in [0.15, 0.2) is 0 Å². The molecule has 4 rings (SSSR count). The van der Waals surface area contributed by atoms with Crippen molar-refractivity contribution < 1.29 is 57.2 Å². The van der Waals surface area contributed by atoms with E-state index in [2.05, 4.69) is 15.5 Å². The molecule has 0 fully saturated rings. The van der Waals surface area contributed by atoms with Crippen molar-refractivity contribution in [1.82, 2.24) is 0 Å². The summed E-state index contributed by atoms with van der Waals surface area (Å²) < 4.78 is 38.1. The molecule has 0 saturated heterocycles. The fraction of sp³-hybridized carbons (Fsp3) is 0.115. The van der Waals surface area contributed by atoms with Crippen LogP contribution in [0.2, 0.25) is 10.0 Å². The Balaban J connectivity index is 0.00000420. The molecule has 0 spiro atoms. The first-order valence-corrected chi connectivity index (χ1v) is 13.3. The fourth-order valence-electron chi connectivity index (χ4n) is 3.88. The van der Waals surface area contributed by atoms with Crippen LogP contribution in [-0.4, -0.2) is 26.0 Å². The third-order valence-electron chi connectivity index (χ3n) is 5.59. The molecule has 0 aromatic heterocycles. The van der Waals surface area contributed by atoms with Crippen LogP contribution in [0.4, 0.5) is 17.1 Å². The molecule has 9 nitrogen and oxygen atoms in total. The zero-order valence-corrected chi connectivity index (χ0v) is 25.4. The van der Waals surface area contributed by atoms with Crippen LogP contribution in [0.5, 0.6) is 11.5 Å². The van der Waals surface area contributed by atoms with E-state index < -0.39 is 26.7 Å². The summed E-state index contributed by atoms with van der Waals surface area (Å²) in [6.45, 7) is 1.68. The van der Waals surface area contributed by atoms with Gasteiger partial charge in [-0.25, -0.2) is 0 Å². The number of carbonyl (C=O) groups excluding carboxylic acids is 1. The molecule has 0 aliphatic rings. The van der Waals surface area contributed by atoms with Gasteiger partial charge in [0.2, 0.25) is 0 Å². The maximum Gasteiger partial charge on any atom is 1.00 e. The summed E-state index contributed by atoms with van der Waals surface area (Å²) >= 11 is 12.2. The molecule has 1 amide bonds. The number of ether oxygens (including phenoxy) is 1. The van der Waals surface area contributed by atoms with Gasteiger partial charge in [-0.1, -0.05) is 60.1 Å². The predicted octanol–water partition coefficient (Wildman–Crippen LogP) is 3.71. The van der Waals surface area contributed by atoms with E-state index in [-0.39, 0.29) is 63.5 Å². The van der Waals surface area contributed by atoms with Gasteiger partial charge in [0.25, 0.3) is 16.0 Å². The molecule has 0 unspecified atom stereocenters. The number of anilines is 1. The number of aryl methyl sites for hydroxylation is 1. The average molecular weight is 596 g/mol. The molecule has 2 N–H and O–H groups in total. The van der Waals surface area contributed by atoms with Gasteiger partial charge in [-0.2, -0.15) is 18.6 Å². The summed E-state index contributed by atoms with van der Waals surface area (Å²) in [6.07, 6.45) is 0.234. The Bertz CT molecular complexity index is 1710. The Labute approximate surface area is 256 Å². The Morgan fingerprint density at radius 3 is 2.46 bits per heavy atom. The van der Waals surface area contributed by atoms with Crippen LogP contribution in [0.1, 0.15) is 22.8 Å². The topological polar surface area (TPSA) is 140 Å². The van der Waals surface area contributed by atoms with Crippen molar-refractivity contribution in [2.75, 3.05) is 12.4 Å². The van der Waals surface area contributed by atoms with Gasteiger partial charge in [0.05, 0.1) is 23.5 Å². The van der Waals surface area contributed by atoms with Gasteiger partial charge in [-0.05, 0) is 47.7 Å². The summed E-state index contributed by atoms with van der Waals surface area (Å²) in [7, 11) is -3.10. The summed E-state index contributed by atoms with van der Waals surface area (Å²) in [5.41, 5.74) is 0.445. The molecule has 0 heterocycles. The first-order chi connectivity index (χ1) is 18.0. The van der Waals surface area contributed by atoms with Crippen LogP contribution in [0, 0.1) is 0 Å². The molecule has 4 aromatic carbocycles. The van der Waals surface area contributed by atoms with Gasteiger partial charge in [-0.15, -0.1) is 0 Å². The number of nitrogens with one attached hydrogen (secondary N) is 1. The average Bonchev–Trinajstić information content (AvgIpc) is 2.86. The normalized spacial score (nSPS) is 11.4. The molecule has 0 aliphatic carbocycles. The molecular weight excluding hydrogens is 576 g/mol. The number of methoxy groups -OCH3 is 1. The van der Waals surface area contributed by atoms with Crippen molar-refractivity contribution in [1.29, 1.82) is 0 Å². The van der Waals surface area contributed by atoms with E-state index in [1.165, 1.54) is 31.4 Å².